The fraction of sp³-hybridized carbons (Fsp3) is 0.538. The Balaban J connectivity index is 2.28. The van der Waals surface area contributed by atoms with Crippen LogP contribution in [0.2, 0.25) is 5.02 Å². The molecular weight excluding hydrogens is 220 g/mol. The lowest BCUT2D eigenvalue weighted by molar-refractivity contribution is 0.315. The van der Waals surface area contributed by atoms with Gasteiger partial charge in [-0.3, -0.25) is 0 Å². The van der Waals surface area contributed by atoms with Crippen LogP contribution in [-0.2, 0) is 6.54 Å². The highest BCUT2D eigenvalue weighted by molar-refractivity contribution is 6.30. The maximum atomic E-state index is 5.84. The predicted molar refractivity (Wildman–Crippen MR) is 70.7 cm³/mol. The van der Waals surface area contributed by atoms with Gasteiger partial charge in [-0.25, -0.2) is 0 Å². The van der Waals surface area contributed by atoms with Gasteiger partial charge >= 0.3 is 0 Å². The molecule has 90 valence electrons. The average molecular weight is 241 g/mol. The van der Waals surface area contributed by atoms with E-state index >= 15 is 0 Å². The van der Waals surface area contributed by atoms with Crippen molar-refractivity contribution in [3.05, 3.63) is 34.9 Å². The molecular formula is C13H21ClN2. The molecule has 2 N–H and O–H groups in total. The minimum absolute atomic E-state index is 0.309. The Labute approximate surface area is 103 Å². The standard InChI is InChI=1S/C13H21ClN2/c1-11(15)4-3-9-16(2)10-12-5-7-13(14)8-6-12/h5-8,11H,3-4,9-10,15H2,1-2H3. The summed E-state index contributed by atoms with van der Waals surface area (Å²) in [6.45, 7) is 4.11. The first-order valence-corrected chi connectivity index (χ1v) is 6.14. The van der Waals surface area contributed by atoms with Crippen molar-refractivity contribution in [2.75, 3.05) is 13.6 Å². The highest BCUT2D eigenvalue weighted by atomic mass is 35.5. The van der Waals surface area contributed by atoms with Gasteiger partial charge in [0.2, 0.25) is 0 Å². The lowest BCUT2D eigenvalue weighted by atomic mass is 10.2. The summed E-state index contributed by atoms with van der Waals surface area (Å²) in [6.07, 6.45) is 2.24. The first-order valence-electron chi connectivity index (χ1n) is 5.76. The van der Waals surface area contributed by atoms with Gasteiger partial charge < -0.3 is 10.6 Å². The molecule has 2 nitrogen and oxygen atoms in total. The van der Waals surface area contributed by atoms with E-state index in [4.69, 9.17) is 17.3 Å². The molecule has 0 aliphatic heterocycles. The van der Waals surface area contributed by atoms with Gasteiger partial charge in [-0.1, -0.05) is 23.7 Å². The van der Waals surface area contributed by atoms with E-state index in [-0.39, 0.29) is 0 Å². The van der Waals surface area contributed by atoms with Crippen molar-refractivity contribution in [2.24, 2.45) is 5.73 Å². The number of hydrogen-bond acceptors (Lipinski definition) is 2. The second-order valence-corrected chi connectivity index (χ2v) is 4.92. The second kappa shape index (κ2) is 6.89. The SMILES string of the molecule is CC(N)CCCN(C)Cc1ccc(Cl)cc1. The second-order valence-electron chi connectivity index (χ2n) is 4.48. The van der Waals surface area contributed by atoms with Crippen molar-refractivity contribution < 1.29 is 0 Å². The topological polar surface area (TPSA) is 29.3 Å². The number of rotatable bonds is 6. The number of benzene rings is 1. The molecule has 0 saturated heterocycles. The smallest absolute Gasteiger partial charge is 0.0406 e. The maximum absolute atomic E-state index is 5.84. The van der Waals surface area contributed by atoms with Crippen LogP contribution in [0.1, 0.15) is 25.3 Å². The molecule has 16 heavy (non-hydrogen) atoms. The van der Waals surface area contributed by atoms with Gasteiger partial charge in [0.15, 0.2) is 0 Å². The van der Waals surface area contributed by atoms with E-state index in [1.54, 1.807) is 0 Å². The van der Waals surface area contributed by atoms with Crippen molar-refractivity contribution >= 4 is 11.6 Å². The van der Waals surface area contributed by atoms with Crippen LogP contribution in [0.15, 0.2) is 24.3 Å². The number of nitrogens with two attached hydrogens (primary N) is 1. The summed E-state index contributed by atoms with van der Waals surface area (Å²) in [5.74, 6) is 0. The summed E-state index contributed by atoms with van der Waals surface area (Å²) < 4.78 is 0. The zero-order valence-electron chi connectivity index (χ0n) is 10.1. The van der Waals surface area contributed by atoms with Gasteiger partial charge in [0.05, 0.1) is 0 Å². The van der Waals surface area contributed by atoms with Crippen LogP contribution in [0.25, 0.3) is 0 Å². The molecule has 0 aliphatic carbocycles. The third-order valence-corrected chi connectivity index (χ3v) is 2.82. The van der Waals surface area contributed by atoms with Crippen molar-refractivity contribution in [3.63, 3.8) is 0 Å². The molecule has 1 aromatic rings. The molecule has 0 radical (unpaired) electrons. The Morgan fingerprint density at radius 3 is 2.50 bits per heavy atom. The highest BCUT2D eigenvalue weighted by Gasteiger charge is 2.01. The van der Waals surface area contributed by atoms with E-state index in [1.807, 2.05) is 12.1 Å². The first kappa shape index (κ1) is 13.5. The zero-order chi connectivity index (χ0) is 12.0. The highest BCUT2D eigenvalue weighted by Crippen LogP contribution is 2.11. The lowest BCUT2D eigenvalue weighted by Gasteiger charge is -2.17. The summed E-state index contributed by atoms with van der Waals surface area (Å²) in [7, 11) is 2.13. The van der Waals surface area contributed by atoms with Crippen molar-refractivity contribution in [1.82, 2.24) is 4.90 Å². The quantitative estimate of drug-likeness (QED) is 0.829. The Hall–Kier alpha value is -0.570. The Kier molecular flexibility index (Phi) is 5.81. The Bertz CT molecular complexity index is 295. The van der Waals surface area contributed by atoms with Gasteiger partial charge in [0.1, 0.15) is 0 Å². The van der Waals surface area contributed by atoms with Crippen molar-refractivity contribution in [1.29, 1.82) is 0 Å². The van der Waals surface area contributed by atoms with Crippen molar-refractivity contribution in [2.45, 2.75) is 32.4 Å². The van der Waals surface area contributed by atoms with Gasteiger partial charge in [-0.2, -0.15) is 0 Å². The van der Waals surface area contributed by atoms with Crippen LogP contribution in [0.4, 0.5) is 0 Å². The molecule has 1 aromatic carbocycles. The average Bonchev–Trinajstić information content (AvgIpc) is 2.21. The first-order chi connectivity index (χ1) is 7.58. The van der Waals surface area contributed by atoms with Crippen LogP contribution < -0.4 is 5.73 Å². The van der Waals surface area contributed by atoms with Crippen LogP contribution >= 0.6 is 11.6 Å². The lowest BCUT2D eigenvalue weighted by Crippen LogP contribution is -2.22. The number of halogens is 1. The summed E-state index contributed by atoms with van der Waals surface area (Å²) in [5.41, 5.74) is 7.01. The van der Waals surface area contributed by atoms with E-state index < -0.39 is 0 Å². The number of hydrogen-bond donors (Lipinski definition) is 1. The summed E-state index contributed by atoms with van der Waals surface area (Å²) >= 11 is 5.84. The van der Waals surface area contributed by atoms with E-state index in [0.29, 0.717) is 6.04 Å². The minimum Gasteiger partial charge on any atom is -0.328 e. The monoisotopic (exact) mass is 240 g/mol. The maximum Gasteiger partial charge on any atom is 0.0406 e. The normalized spacial score (nSPS) is 13.1. The number of nitrogens with zero attached hydrogens (tertiary/aromatic N) is 1. The van der Waals surface area contributed by atoms with Crippen LogP contribution in [-0.4, -0.2) is 24.5 Å². The largest absolute Gasteiger partial charge is 0.328 e. The van der Waals surface area contributed by atoms with E-state index in [2.05, 4.69) is 31.0 Å². The van der Waals surface area contributed by atoms with E-state index in [9.17, 15) is 0 Å². The molecule has 1 atom stereocenters. The third kappa shape index (κ3) is 5.50. The molecule has 3 heteroatoms. The minimum atomic E-state index is 0.309. The molecule has 0 fully saturated rings. The fourth-order valence-corrected chi connectivity index (χ4v) is 1.79. The molecule has 1 rings (SSSR count). The Morgan fingerprint density at radius 2 is 1.94 bits per heavy atom. The van der Waals surface area contributed by atoms with Gasteiger partial charge in [-0.15, -0.1) is 0 Å². The molecule has 0 aromatic heterocycles. The van der Waals surface area contributed by atoms with E-state index in [0.717, 1.165) is 31.0 Å². The molecule has 0 amide bonds. The van der Waals surface area contributed by atoms with Gasteiger partial charge in [0, 0.05) is 17.6 Å². The Morgan fingerprint density at radius 1 is 1.31 bits per heavy atom. The molecule has 0 spiro atoms. The molecule has 1 unspecified atom stereocenters. The zero-order valence-corrected chi connectivity index (χ0v) is 10.9. The van der Waals surface area contributed by atoms with Gasteiger partial charge in [0.25, 0.3) is 0 Å². The predicted octanol–water partition coefficient (Wildman–Crippen LogP) is 2.90. The molecule has 0 aliphatic rings. The van der Waals surface area contributed by atoms with Crippen molar-refractivity contribution in [3.8, 4) is 0 Å². The van der Waals surface area contributed by atoms with Gasteiger partial charge in [-0.05, 0) is 51.1 Å². The molecule has 0 saturated carbocycles. The third-order valence-electron chi connectivity index (χ3n) is 2.57. The summed E-state index contributed by atoms with van der Waals surface area (Å²) in [4.78, 5) is 2.31. The summed E-state index contributed by atoms with van der Waals surface area (Å²) in [5, 5.41) is 0.795. The van der Waals surface area contributed by atoms with Crippen LogP contribution in [0.5, 0.6) is 0 Å². The summed E-state index contributed by atoms with van der Waals surface area (Å²) in [6, 6.07) is 8.33. The van der Waals surface area contributed by atoms with E-state index in [1.165, 1.54) is 5.56 Å². The van der Waals surface area contributed by atoms with Crippen LogP contribution in [0.3, 0.4) is 0 Å². The molecule has 0 bridgehead atoms. The van der Waals surface area contributed by atoms with Crippen LogP contribution in [0, 0.1) is 0 Å². The molecule has 0 heterocycles. The fourth-order valence-electron chi connectivity index (χ4n) is 1.66.